The van der Waals surface area contributed by atoms with Crippen LogP contribution in [-0.2, 0) is 28.6 Å². The number of esters is 3. The molecule has 0 aliphatic rings. The van der Waals surface area contributed by atoms with Crippen LogP contribution >= 0.6 is 0 Å². The molecule has 61 heavy (non-hydrogen) atoms. The van der Waals surface area contributed by atoms with E-state index in [4.69, 9.17) is 14.2 Å². The second-order valence-corrected chi connectivity index (χ2v) is 20.1. The van der Waals surface area contributed by atoms with Gasteiger partial charge in [-0.2, -0.15) is 0 Å². The van der Waals surface area contributed by atoms with Gasteiger partial charge in [0.2, 0.25) is 0 Å². The van der Waals surface area contributed by atoms with Gasteiger partial charge in [-0.1, -0.05) is 260 Å². The molecule has 0 N–H and O–H groups in total. The summed E-state index contributed by atoms with van der Waals surface area (Å²) in [6, 6.07) is 0. The fourth-order valence-corrected chi connectivity index (χ4v) is 8.26. The van der Waals surface area contributed by atoms with Gasteiger partial charge in [-0.3, -0.25) is 14.4 Å². The van der Waals surface area contributed by atoms with Crippen molar-refractivity contribution in [2.75, 3.05) is 13.2 Å². The zero-order valence-electron chi connectivity index (χ0n) is 42.0. The molecule has 0 aromatic rings. The third-order valence-electron chi connectivity index (χ3n) is 12.8. The normalized spacial score (nSPS) is 12.6. The molecule has 0 aliphatic carbocycles. The van der Waals surface area contributed by atoms with Gasteiger partial charge in [0.25, 0.3) is 0 Å². The van der Waals surface area contributed by atoms with E-state index in [0.29, 0.717) is 19.3 Å². The van der Waals surface area contributed by atoms with Crippen molar-refractivity contribution in [1.82, 2.24) is 0 Å². The van der Waals surface area contributed by atoms with Crippen LogP contribution in [0.1, 0.15) is 298 Å². The molecule has 0 spiro atoms. The highest BCUT2D eigenvalue weighted by Gasteiger charge is 2.19. The van der Waals surface area contributed by atoms with Crippen LogP contribution in [0.3, 0.4) is 0 Å². The Kier molecular flexibility index (Phi) is 45.2. The second kappa shape index (κ2) is 46.4. The Bertz CT molecular complexity index is 947. The molecule has 0 heterocycles. The molecule has 0 fully saturated rings. The van der Waals surface area contributed by atoms with Crippen LogP contribution in [0.2, 0.25) is 0 Å². The molecular weight excluding hydrogens is 757 g/mol. The summed E-state index contributed by atoms with van der Waals surface area (Å²) in [5, 5.41) is 0. The summed E-state index contributed by atoms with van der Waals surface area (Å²) in [7, 11) is 0. The first-order chi connectivity index (χ1) is 29.6. The minimum atomic E-state index is -0.763. The van der Waals surface area contributed by atoms with Crippen LogP contribution in [-0.4, -0.2) is 37.2 Å². The van der Waals surface area contributed by atoms with Crippen molar-refractivity contribution >= 4 is 17.9 Å². The monoisotopic (exact) mass is 863 g/mol. The third kappa shape index (κ3) is 47.7. The van der Waals surface area contributed by atoms with Gasteiger partial charge in [0.1, 0.15) is 13.2 Å². The molecule has 0 saturated heterocycles. The maximum absolute atomic E-state index is 12.8. The van der Waals surface area contributed by atoms with E-state index < -0.39 is 6.10 Å². The predicted molar refractivity (Wildman–Crippen MR) is 261 cm³/mol. The average molecular weight is 863 g/mol. The van der Waals surface area contributed by atoms with Gasteiger partial charge in [0.15, 0.2) is 6.10 Å². The predicted octanol–water partition coefficient (Wildman–Crippen LogP) is 17.6. The Morgan fingerprint density at radius 1 is 0.328 bits per heavy atom. The number of hydrogen-bond acceptors (Lipinski definition) is 6. The third-order valence-corrected chi connectivity index (χ3v) is 12.8. The molecule has 0 amide bonds. The summed E-state index contributed by atoms with van der Waals surface area (Å²) in [6.45, 7) is 13.7. The highest BCUT2D eigenvalue weighted by Crippen LogP contribution is 2.18. The lowest BCUT2D eigenvalue weighted by Crippen LogP contribution is -2.30. The van der Waals surface area contributed by atoms with E-state index in [1.807, 2.05) is 0 Å². The maximum atomic E-state index is 12.8. The van der Waals surface area contributed by atoms with Crippen molar-refractivity contribution in [2.24, 2.45) is 17.8 Å². The number of carbonyl (C=O) groups is 3. The first-order valence-corrected chi connectivity index (χ1v) is 27.1. The Balaban J connectivity index is 4.30. The van der Waals surface area contributed by atoms with Crippen molar-refractivity contribution in [3.63, 3.8) is 0 Å². The molecule has 0 radical (unpaired) electrons. The molecule has 0 aromatic carbocycles. The van der Waals surface area contributed by atoms with Gasteiger partial charge in [0.05, 0.1) is 0 Å². The SMILES string of the molecule is CCC(C)CCCCCCCCCCCCC(=O)OC[C@@H](COC(=O)CCCCCCCCCCCCCCCCC(C)C)OC(=O)CCCCCCCCCCCC(C)C. The van der Waals surface area contributed by atoms with Crippen molar-refractivity contribution in [2.45, 2.75) is 304 Å². The number of ether oxygens (including phenoxy) is 3. The molecule has 6 heteroatoms. The Labute approximate surface area is 380 Å². The number of hydrogen-bond donors (Lipinski definition) is 0. The van der Waals surface area contributed by atoms with Gasteiger partial charge in [0, 0.05) is 19.3 Å². The van der Waals surface area contributed by atoms with E-state index in [-0.39, 0.29) is 31.1 Å². The quantitative estimate of drug-likeness (QED) is 0.0344. The zero-order chi connectivity index (χ0) is 44.9. The Hall–Kier alpha value is -1.59. The summed E-state index contributed by atoms with van der Waals surface area (Å²) < 4.78 is 16.8. The molecule has 0 rings (SSSR count). The summed E-state index contributed by atoms with van der Waals surface area (Å²) >= 11 is 0. The fraction of sp³-hybridized carbons (Fsp3) is 0.945. The van der Waals surface area contributed by atoms with Gasteiger partial charge < -0.3 is 14.2 Å². The van der Waals surface area contributed by atoms with E-state index in [0.717, 1.165) is 75.5 Å². The molecule has 1 unspecified atom stereocenters. The topological polar surface area (TPSA) is 78.9 Å². The van der Waals surface area contributed by atoms with E-state index in [9.17, 15) is 14.4 Å². The number of unbranched alkanes of at least 4 members (excludes halogenated alkanes) is 30. The lowest BCUT2D eigenvalue weighted by Gasteiger charge is -2.18. The second-order valence-electron chi connectivity index (χ2n) is 20.1. The maximum Gasteiger partial charge on any atom is 0.306 e. The van der Waals surface area contributed by atoms with Crippen molar-refractivity contribution in [3.8, 4) is 0 Å². The van der Waals surface area contributed by atoms with Gasteiger partial charge in [-0.15, -0.1) is 0 Å². The van der Waals surface area contributed by atoms with Crippen LogP contribution in [0.4, 0.5) is 0 Å². The van der Waals surface area contributed by atoms with E-state index >= 15 is 0 Å². The molecular formula is C55H106O6. The Morgan fingerprint density at radius 3 is 0.852 bits per heavy atom. The van der Waals surface area contributed by atoms with Gasteiger partial charge in [-0.05, 0) is 37.0 Å². The molecule has 0 bridgehead atoms. The van der Waals surface area contributed by atoms with Crippen LogP contribution in [0.5, 0.6) is 0 Å². The van der Waals surface area contributed by atoms with Crippen LogP contribution in [0.15, 0.2) is 0 Å². The minimum absolute atomic E-state index is 0.0645. The first kappa shape index (κ1) is 59.4. The molecule has 0 aromatic heterocycles. The Morgan fingerprint density at radius 2 is 0.574 bits per heavy atom. The fourth-order valence-electron chi connectivity index (χ4n) is 8.26. The standard InChI is InChI=1S/C55H106O6/c1-7-51(6)43-37-31-25-19-14-15-21-27-33-39-45-54(57)60-48-52(61-55(58)46-40-34-28-22-16-18-24-30-36-42-50(4)5)47-59-53(56)44-38-32-26-20-13-11-9-8-10-12-17-23-29-35-41-49(2)3/h49-52H,7-48H2,1-6H3/t51?,52-/m1/s1. The first-order valence-electron chi connectivity index (χ1n) is 27.1. The van der Waals surface area contributed by atoms with Crippen LogP contribution in [0.25, 0.3) is 0 Å². The van der Waals surface area contributed by atoms with Crippen molar-refractivity contribution in [3.05, 3.63) is 0 Å². The molecule has 2 atom stereocenters. The number of rotatable bonds is 48. The summed E-state index contributed by atoms with van der Waals surface area (Å²) in [4.78, 5) is 38.0. The van der Waals surface area contributed by atoms with E-state index in [1.54, 1.807) is 0 Å². The highest BCUT2D eigenvalue weighted by atomic mass is 16.6. The molecule has 0 saturated carbocycles. The molecule has 362 valence electrons. The highest BCUT2D eigenvalue weighted by molar-refractivity contribution is 5.71. The summed E-state index contributed by atoms with van der Waals surface area (Å²) in [5.74, 6) is 1.67. The summed E-state index contributed by atoms with van der Waals surface area (Å²) in [6.07, 6.45) is 46.6. The van der Waals surface area contributed by atoms with Gasteiger partial charge in [-0.25, -0.2) is 0 Å². The minimum Gasteiger partial charge on any atom is -0.462 e. The molecule has 0 aliphatic heterocycles. The lowest BCUT2D eigenvalue weighted by atomic mass is 9.99. The largest absolute Gasteiger partial charge is 0.462 e. The summed E-state index contributed by atoms with van der Waals surface area (Å²) in [5.41, 5.74) is 0. The smallest absolute Gasteiger partial charge is 0.306 e. The number of carbonyl (C=O) groups excluding carboxylic acids is 3. The van der Waals surface area contributed by atoms with Crippen molar-refractivity contribution in [1.29, 1.82) is 0 Å². The molecule has 6 nitrogen and oxygen atoms in total. The van der Waals surface area contributed by atoms with Gasteiger partial charge >= 0.3 is 17.9 Å². The van der Waals surface area contributed by atoms with E-state index in [1.165, 1.54) is 180 Å². The van der Waals surface area contributed by atoms with Crippen LogP contribution < -0.4 is 0 Å². The average Bonchev–Trinajstić information content (AvgIpc) is 3.23. The lowest BCUT2D eigenvalue weighted by molar-refractivity contribution is -0.167. The van der Waals surface area contributed by atoms with Crippen molar-refractivity contribution < 1.29 is 28.6 Å². The van der Waals surface area contributed by atoms with E-state index in [2.05, 4.69) is 41.5 Å². The van der Waals surface area contributed by atoms with Crippen LogP contribution in [0, 0.1) is 17.8 Å². The zero-order valence-corrected chi connectivity index (χ0v) is 42.0.